The fourth-order valence-electron chi connectivity index (χ4n) is 2.50. The minimum atomic E-state index is -0.351. The first-order chi connectivity index (χ1) is 10.4. The third-order valence-corrected chi connectivity index (χ3v) is 4.43. The molecule has 6 heteroatoms. The van der Waals surface area contributed by atoms with Gasteiger partial charge in [0.2, 0.25) is 11.8 Å². The Balaban J connectivity index is 1.85. The maximum atomic E-state index is 12.7. The number of carbonyl (C=O) groups excluding carboxylic acids is 1. The number of hydrogen-bond donors (Lipinski definition) is 0. The molecule has 1 saturated heterocycles. The molecular weight excluding hydrogens is 346 g/mol. The summed E-state index contributed by atoms with van der Waals surface area (Å²) in [5, 5.41) is 4.02. The molecule has 0 saturated carbocycles. The molecule has 116 valence electrons. The van der Waals surface area contributed by atoms with E-state index in [-0.39, 0.29) is 17.2 Å². The molecule has 0 aliphatic carbocycles. The van der Waals surface area contributed by atoms with Crippen LogP contribution in [0.5, 0.6) is 0 Å². The Morgan fingerprint density at radius 3 is 2.68 bits per heavy atom. The summed E-state index contributed by atoms with van der Waals surface area (Å²) < 4.78 is 6.25. The van der Waals surface area contributed by atoms with Crippen molar-refractivity contribution in [2.75, 3.05) is 11.4 Å². The van der Waals surface area contributed by atoms with Crippen LogP contribution < -0.4 is 4.90 Å². The molecule has 2 aromatic rings. The van der Waals surface area contributed by atoms with E-state index in [4.69, 9.17) is 4.52 Å². The van der Waals surface area contributed by atoms with Gasteiger partial charge in [-0.1, -0.05) is 38.1 Å². The monoisotopic (exact) mass is 363 g/mol. The minimum absolute atomic E-state index is 0.0102. The average molecular weight is 364 g/mol. The van der Waals surface area contributed by atoms with Crippen LogP contribution >= 0.6 is 15.9 Å². The van der Waals surface area contributed by atoms with Crippen molar-refractivity contribution in [2.24, 2.45) is 0 Å². The van der Waals surface area contributed by atoms with Gasteiger partial charge >= 0.3 is 0 Å². The summed E-state index contributed by atoms with van der Waals surface area (Å²) in [6.45, 7) is 6.71. The average Bonchev–Trinajstić information content (AvgIpc) is 3.05. The molecular formula is C16H18BrN3O2. The molecule has 1 aromatic carbocycles. The first kappa shape index (κ1) is 15.2. The summed E-state index contributed by atoms with van der Waals surface area (Å²) in [7, 11) is 0. The smallest absolute Gasteiger partial charge is 0.239 e. The molecule has 1 fully saturated rings. The summed E-state index contributed by atoms with van der Waals surface area (Å²) >= 11 is 3.49. The van der Waals surface area contributed by atoms with Gasteiger partial charge in [0.1, 0.15) is 5.92 Å². The highest BCUT2D eigenvalue weighted by atomic mass is 79.9. The summed E-state index contributed by atoms with van der Waals surface area (Å²) in [6, 6.07) is 7.71. The minimum Gasteiger partial charge on any atom is -0.338 e. The van der Waals surface area contributed by atoms with Crippen molar-refractivity contribution < 1.29 is 9.32 Å². The zero-order chi connectivity index (χ0) is 15.9. The molecule has 1 unspecified atom stereocenters. The largest absolute Gasteiger partial charge is 0.338 e. The maximum absolute atomic E-state index is 12.7. The van der Waals surface area contributed by atoms with E-state index in [0.717, 1.165) is 10.2 Å². The van der Waals surface area contributed by atoms with Gasteiger partial charge in [-0.05, 0) is 34.5 Å². The van der Waals surface area contributed by atoms with E-state index in [1.54, 1.807) is 4.90 Å². The van der Waals surface area contributed by atoms with Crippen LogP contribution in [-0.4, -0.2) is 22.6 Å². The summed E-state index contributed by atoms with van der Waals surface area (Å²) in [5.74, 6) is 0.714. The molecule has 0 radical (unpaired) electrons. The summed E-state index contributed by atoms with van der Waals surface area (Å²) in [5.41, 5.74) is 0.691. The van der Waals surface area contributed by atoms with Crippen molar-refractivity contribution in [1.29, 1.82) is 0 Å². The number of anilines is 1. The second-order valence-corrected chi connectivity index (χ2v) is 7.34. The zero-order valence-electron chi connectivity index (χ0n) is 12.8. The first-order valence-electron chi connectivity index (χ1n) is 7.28. The van der Waals surface area contributed by atoms with Gasteiger partial charge in [-0.2, -0.15) is 4.98 Å². The Labute approximate surface area is 137 Å². The van der Waals surface area contributed by atoms with E-state index in [1.165, 1.54) is 0 Å². The van der Waals surface area contributed by atoms with Crippen molar-refractivity contribution in [3.8, 4) is 0 Å². The fraction of sp³-hybridized carbons (Fsp3) is 0.438. The SMILES string of the molecule is CC(C)(C)c1noc(C2CCN(c3ccccc3Br)C2=O)n1. The quantitative estimate of drug-likeness (QED) is 0.816. The molecule has 2 heterocycles. The topological polar surface area (TPSA) is 59.2 Å². The number of benzene rings is 1. The molecule has 1 aromatic heterocycles. The summed E-state index contributed by atoms with van der Waals surface area (Å²) in [6.07, 6.45) is 0.686. The normalized spacial score (nSPS) is 19.0. The molecule has 1 aliphatic rings. The number of amides is 1. The molecule has 1 amide bonds. The van der Waals surface area contributed by atoms with Crippen molar-refractivity contribution in [3.63, 3.8) is 0 Å². The van der Waals surface area contributed by atoms with Crippen molar-refractivity contribution in [2.45, 2.75) is 38.5 Å². The lowest BCUT2D eigenvalue weighted by molar-refractivity contribution is -0.118. The van der Waals surface area contributed by atoms with E-state index >= 15 is 0 Å². The highest BCUT2D eigenvalue weighted by Crippen LogP contribution is 2.35. The Morgan fingerprint density at radius 2 is 2.05 bits per heavy atom. The van der Waals surface area contributed by atoms with Gasteiger partial charge in [0.05, 0.1) is 5.69 Å². The van der Waals surface area contributed by atoms with Gasteiger partial charge in [0.25, 0.3) is 0 Å². The lowest BCUT2D eigenvalue weighted by atomic mass is 9.96. The Hall–Kier alpha value is -1.69. The van der Waals surface area contributed by atoms with E-state index in [0.29, 0.717) is 24.7 Å². The van der Waals surface area contributed by atoms with Gasteiger partial charge in [-0.25, -0.2) is 0 Å². The molecule has 0 bridgehead atoms. The van der Waals surface area contributed by atoms with E-state index in [2.05, 4.69) is 26.1 Å². The molecule has 1 atom stereocenters. The van der Waals surface area contributed by atoms with Gasteiger partial charge in [-0.3, -0.25) is 4.79 Å². The van der Waals surface area contributed by atoms with E-state index in [9.17, 15) is 4.79 Å². The van der Waals surface area contributed by atoms with Crippen molar-refractivity contribution in [3.05, 3.63) is 40.5 Å². The number of hydrogen-bond acceptors (Lipinski definition) is 4. The Morgan fingerprint density at radius 1 is 1.32 bits per heavy atom. The molecule has 3 rings (SSSR count). The van der Waals surface area contributed by atoms with Crippen LogP contribution in [0, 0.1) is 0 Å². The lowest BCUT2D eigenvalue weighted by Crippen LogP contribution is -2.26. The number of para-hydroxylation sites is 1. The van der Waals surface area contributed by atoms with Crippen molar-refractivity contribution >= 4 is 27.5 Å². The second-order valence-electron chi connectivity index (χ2n) is 6.49. The lowest BCUT2D eigenvalue weighted by Gasteiger charge is -2.17. The van der Waals surface area contributed by atoms with Crippen LogP contribution in [-0.2, 0) is 10.2 Å². The number of halogens is 1. The van der Waals surface area contributed by atoms with Crippen LogP contribution in [0.4, 0.5) is 5.69 Å². The van der Waals surface area contributed by atoms with Gasteiger partial charge in [0.15, 0.2) is 5.82 Å². The van der Waals surface area contributed by atoms with Crippen LogP contribution in [0.3, 0.4) is 0 Å². The number of carbonyl (C=O) groups is 1. The van der Waals surface area contributed by atoms with E-state index in [1.807, 2.05) is 45.0 Å². The van der Waals surface area contributed by atoms with Gasteiger partial charge < -0.3 is 9.42 Å². The Kier molecular flexibility index (Phi) is 3.80. The molecule has 1 aliphatic heterocycles. The van der Waals surface area contributed by atoms with Gasteiger partial charge in [-0.15, -0.1) is 0 Å². The van der Waals surface area contributed by atoms with Gasteiger partial charge in [0, 0.05) is 16.4 Å². The van der Waals surface area contributed by atoms with Crippen LogP contribution in [0.2, 0.25) is 0 Å². The van der Waals surface area contributed by atoms with Crippen LogP contribution in [0.25, 0.3) is 0 Å². The molecule has 0 N–H and O–H groups in total. The Bertz CT molecular complexity index is 705. The number of aromatic nitrogens is 2. The van der Waals surface area contributed by atoms with E-state index < -0.39 is 0 Å². The predicted molar refractivity (Wildman–Crippen MR) is 86.9 cm³/mol. The third kappa shape index (κ3) is 2.67. The molecule has 0 spiro atoms. The molecule has 22 heavy (non-hydrogen) atoms. The predicted octanol–water partition coefficient (Wildman–Crippen LogP) is 3.65. The number of rotatable bonds is 2. The fourth-order valence-corrected chi connectivity index (χ4v) is 3.00. The highest BCUT2D eigenvalue weighted by molar-refractivity contribution is 9.10. The highest BCUT2D eigenvalue weighted by Gasteiger charge is 2.38. The maximum Gasteiger partial charge on any atom is 0.239 e. The third-order valence-electron chi connectivity index (χ3n) is 3.76. The zero-order valence-corrected chi connectivity index (χ0v) is 14.4. The van der Waals surface area contributed by atoms with Crippen LogP contribution in [0.1, 0.15) is 44.8 Å². The number of nitrogens with zero attached hydrogens (tertiary/aromatic N) is 3. The molecule has 5 nitrogen and oxygen atoms in total. The van der Waals surface area contributed by atoms with Crippen LogP contribution in [0.15, 0.2) is 33.3 Å². The summed E-state index contributed by atoms with van der Waals surface area (Å²) in [4.78, 5) is 18.9. The standard InChI is InChI=1S/C16H18BrN3O2/c1-16(2,3)15-18-13(22-19-15)10-8-9-20(14(10)21)12-7-5-4-6-11(12)17/h4-7,10H,8-9H2,1-3H3. The second kappa shape index (κ2) is 5.50. The van der Waals surface area contributed by atoms with Crippen molar-refractivity contribution in [1.82, 2.24) is 10.1 Å². The first-order valence-corrected chi connectivity index (χ1v) is 8.07.